The summed E-state index contributed by atoms with van der Waals surface area (Å²) >= 11 is 4.04. The lowest BCUT2D eigenvalue weighted by Crippen LogP contribution is -2.28. The molecule has 0 aromatic carbocycles. The highest BCUT2D eigenvalue weighted by atomic mass is 32.2. The van der Waals surface area contributed by atoms with Gasteiger partial charge in [-0.05, 0) is 31.8 Å². The second-order valence-electron chi connectivity index (χ2n) is 3.83. The molecule has 1 atom stereocenters. The molecule has 0 N–H and O–H groups in total. The third-order valence-corrected chi connectivity index (χ3v) is 5.32. The molecule has 2 fully saturated rings. The SMILES string of the molecule is CC1(C)OC[C@H](C2SCCCS2)O1. The summed E-state index contributed by atoms with van der Waals surface area (Å²) in [6, 6.07) is 0. The molecule has 76 valence electrons. The van der Waals surface area contributed by atoms with Crippen molar-refractivity contribution < 1.29 is 9.47 Å². The molecule has 2 rings (SSSR count). The van der Waals surface area contributed by atoms with E-state index in [2.05, 4.69) is 0 Å². The van der Waals surface area contributed by atoms with Crippen molar-refractivity contribution in [3.05, 3.63) is 0 Å². The topological polar surface area (TPSA) is 18.5 Å². The van der Waals surface area contributed by atoms with E-state index in [0.717, 1.165) is 6.61 Å². The first kappa shape index (κ1) is 10.1. The highest BCUT2D eigenvalue weighted by Gasteiger charge is 2.38. The minimum atomic E-state index is -0.358. The molecule has 0 saturated carbocycles. The fourth-order valence-corrected chi connectivity index (χ4v) is 4.50. The maximum atomic E-state index is 5.82. The smallest absolute Gasteiger partial charge is 0.163 e. The van der Waals surface area contributed by atoms with Crippen LogP contribution < -0.4 is 0 Å². The van der Waals surface area contributed by atoms with Crippen LogP contribution in [0.4, 0.5) is 0 Å². The van der Waals surface area contributed by atoms with Crippen LogP contribution in [0, 0.1) is 0 Å². The van der Waals surface area contributed by atoms with E-state index in [1.54, 1.807) is 0 Å². The Morgan fingerprint density at radius 3 is 2.46 bits per heavy atom. The van der Waals surface area contributed by atoms with Gasteiger partial charge in [0, 0.05) is 0 Å². The standard InChI is InChI=1S/C9H16O2S2/c1-9(2)10-6-7(11-9)8-12-4-3-5-13-8/h7-8H,3-6H2,1-2H3/t7-/m1/s1. The Balaban J connectivity index is 1.87. The molecular formula is C9H16O2S2. The van der Waals surface area contributed by atoms with Crippen LogP contribution in [0.5, 0.6) is 0 Å². The van der Waals surface area contributed by atoms with Gasteiger partial charge in [0.2, 0.25) is 0 Å². The molecule has 2 aliphatic rings. The first-order valence-corrected chi connectivity index (χ1v) is 6.82. The molecule has 0 spiro atoms. The summed E-state index contributed by atoms with van der Waals surface area (Å²) in [5.41, 5.74) is 0. The van der Waals surface area contributed by atoms with Crippen molar-refractivity contribution in [3.63, 3.8) is 0 Å². The van der Waals surface area contributed by atoms with Gasteiger partial charge in [-0.3, -0.25) is 0 Å². The molecule has 2 saturated heterocycles. The van der Waals surface area contributed by atoms with Crippen LogP contribution in [-0.4, -0.2) is 34.6 Å². The lowest BCUT2D eigenvalue weighted by atomic mass is 10.4. The summed E-state index contributed by atoms with van der Waals surface area (Å²) in [5, 5.41) is 0. The lowest BCUT2D eigenvalue weighted by molar-refractivity contribution is -0.136. The van der Waals surface area contributed by atoms with E-state index >= 15 is 0 Å². The van der Waals surface area contributed by atoms with E-state index in [-0.39, 0.29) is 5.79 Å². The summed E-state index contributed by atoms with van der Waals surface area (Å²) < 4.78 is 12.0. The summed E-state index contributed by atoms with van der Waals surface area (Å²) in [5.74, 6) is 2.19. The third-order valence-electron chi connectivity index (χ3n) is 2.19. The molecule has 0 aromatic heterocycles. The van der Waals surface area contributed by atoms with Crippen LogP contribution in [-0.2, 0) is 9.47 Å². The van der Waals surface area contributed by atoms with Gasteiger partial charge >= 0.3 is 0 Å². The van der Waals surface area contributed by atoms with E-state index in [1.807, 2.05) is 37.4 Å². The van der Waals surface area contributed by atoms with E-state index in [1.165, 1.54) is 17.9 Å². The zero-order valence-electron chi connectivity index (χ0n) is 8.12. The van der Waals surface area contributed by atoms with Crippen molar-refractivity contribution in [2.45, 2.75) is 36.7 Å². The van der Waals surface area contributed by atoms with E-state index in [9.17, 15) is 0 Å². The molecule has 0 radical (unpaired) electrons. The van der Waals surface area contributed by atoms with Gasteiger partial charge in [-0.15, -0.1) is 23.5 Å². The molecule has 2 aliphatic heterocycles. The highest BCUT2D eigenvalue weighted by Crippen LogP contribution is 2.38. The van der Waals surface area contributed by atoms with Gasteiger partial charge in [0.05, 0.1) is 11.2 Å². The maximum Gasteiger partial charge on any atom is 0.163 e. The minimum absolute atomic E-state index is 0.297. The number of thioether (sulfide) groups is 2. The summed E-state index contributed by atoms with van der Waals surface area (Å²) in [6.45, 7) is 4.74. The lowest BCUT2D eigenvalue weighted by Gasteiger charge is -2.26. The number of rotatable bonds is 1. The molecule has 0 aliphatic carbocycles. The van der Waals surface area contributed by atoms with Gasteiger partial charge in [0.25, 0.3) is 0 Å². The molecule has 13 heavy (non-hydrogen) atoms. The quantitative estimate of drug-likeness (QED) is 0.675. The van der Waals surface area contributed by atoms with Gasteiger partial charge in [-0.25, -0.2) is 0 Å². The highest BCUT2D eigenvalue weighted by molar-refractivity contribution is 8.17. The molecule has 4 heteroatoms. The van der Waals surface area contributed by atoms with Crippen molar-refractivity contribution in [3.8, 4) is 0 Å². The second kappa shape index (κ2) is 4.01. The molecule has 0 unspecified atom stereocenters. The molecule has 2 heterocycles. The number of ether oxygens (including phenoxy) is 2. The Labute approximate surface area is 88.1 Å². The van der Waals surface area contributed by atoms with E-state index < -0.39 is 0 Å². The van der Waals surface area contributed by atoms with Gasteiger partial charge < -0.3 is 9.47 Å². The number of hydrogen-bond acceptors (Lipinski definition) is 4. The van der Waals surface area contributed by atoms with Crippen LogP contribution in [0.25, 0.3) is 0 Å². The zero-order valence-corrected chi connectivity index (χ0v) is 9.75. The van der Waals surface area contributed by atoms with Gasteiger partial charge in [-0.1, -0.05) is 0 Å². The van der Waals surface area contributed by atoms with Crippen LogP contribution in [0.2, 0.25) is 0 Å². The van der Waals surface area contributed by atoms with Crippen LogP contribution in [0.15, 0.2) is 0 Å². The zero-order chi connectivity index (χ0) is 9.31. The van der Waals surface area contributed by atoms with Crippen LogP contribution in [0.3, 0.4) is 0 Å². The first-order chi connectivity index (χ1) is 6.17. The van der Waals surface area contributed by atoms with Gasteiger partial charge in [0.15, 0.2) is 5.79 Å². The van der Waals surface area contributed by atoms with Crippen LogP contribution in [0.1, 0.15) is 20.3 Å². The monoisotopic (exact) mass is 220 g/mol. The van der Waals surface area contributed by atoms with Crippen molar-refractivity contribution in [1.82, 2.24) is 0 Å². The summed E-state index contributed by atoms with van der Waals surface area (Å²) in [6.07, 6.45) is 1.63. The molecular weight excluding hydrogens is 204 g/mol. The summed E-state index contributed by atoms with van der Waals surface area (Å²) in [4.78, 5) is 0. The third kappa shape index (κ3) is 2.55. The van der Waals surface area contributed by atoms with Crippen molar-refractivity contribution in [2.75, 3.05) is 18.1 Å². The molecule has 0 amide bonds. The molecule has 0 aromatic rings. The Morgan fingerprint density at radius 1 is 1.23 bits per heavy atom. The predicted octanol–water partition coefficient (Wildman–Crippen LogP) is 2.33. The fraction of sp³-hybridized carbons (Fsp3) is 1.00. The Hall–Kier alpha value is 0.620. The second-order valence-corrected chi connectivity index (χ2v) is 6.63. The molecule has 2 nitrogen and oxygen atoms in total. The van der Waals surface area contributed by atoms with Gasteiger partial charge in [-0.2, -0.15) is 0 Å². The number of hydrogen-bond donors (Lipinski definition) is 0. The first-order valence-electron chi connectivity index (χ1n) is 4.72. The Bertz CT molecular complexity index is 178. The van der Waals surface area contributed by atoms with Crippen molar-refractivity contribution in [1.29, 1.82) is 0 Å². The average molecular weight is 220 g/mol. The maximum absolute atomic E-state index is 5.82. The molecule has 0 bridgehead atoms. The van der Waals surface area contributed by atoms with E-state index in [0.29, 0.717) is 10.7 Å². The minimum Gasteiger partial charge on any atom is -0.348 e. The summed E-state index contributed by atoms with van der Waals surface area (Å²) in [7, 11) is 0. The predicted molar refractivity (Wildman–Crippen MR) is 58.2 cm³/mol. The fourth-order valence-electron chi connectivity index (χ4n) is 1.57. The normalized spacial score (nSPS) is 35.1. The average Bonchev–Trinajstić information content (AvgIpc) is 2.48. The van der Waals surface area contributed by atoms with Crippen molar-refractivity contribution in [2.24, 2.45) is 0 Å². The Morgan fingerprint density at radius 2 is 1.92 bits per heavy atom. The van der Waals surface area contributed by atoms with Crippen molar-refractivity contribution >= 4 is 23.5 Å². The van der Waals surface area contributed by atoms with Gasteiger partial charge in [0.1, 0.15) is 6.10 Å². The largest absolute Gasteiger partial charge is 0.348 e. The Kier molecular flexibility index (Phi) is 3.13. The van der Waals surface area contributed by atoms with Crippen LogP contribution >= 0.6 is 23.5 Å². The van der Waals surface area contributed by atoms with E-state index in [4.69, 9.17) is 9.47 Å².